The molecule has 11 heteroatoms. The third kappa shape index (κ3) is 4.76. The maximum Gasteiger partial charge on any atom is 0.224 e. The standard InChI is InChI=1S/C28H25FN8OS/c1-14-5-6-19(39-14)17-7-8-31-26-24(17)34-27(35-26)25-21-18(36-37-25)13-32-23(22(21)29)15-9-16(12-30-11-15)33-20(38)10-28(2,3)4/h5-9,11-13H,10H2,1-4H3,(H,33,38)(H,36,37)(H,31,34,35). The van der Waals surface area contributed by atoms with Gasteiger partial charge in [0.2, 0.25) is 5.91 Å². The Labute approximate surface area is 227 Å². The molecule has 6 heterocycles. The minimum atomic E-state index is -0.571. The van der Waals surface area contributed by atoms with Crippen LogP contribution in [0.25, 0.3) is 55.3 Å². The minimum absolute atomic E-state index is 0.0913. The lowest BCUT2D eigenvalue weighted by Crippen LogP contribution is -2.19. The molecule has 0 aliphatic heterocycles. The van der Waals surface area contributed by atoms with E-state index in [1.807, 2.05) is 26.8 Å². The van der Waals surface area contributed by atoms with Gasteiger partial charge in [0, 0.05) is 39.7 Å². The Morgan fingerprint density at radius 2 is 1.95 bits per heavy atom. The predicted molar refractivity (Wildman–Crippen MR) is 151 cm³/mol. The van der Waals surface area contributed by atoms with Crippen molar-refractivity contribution in [2.45, 2.75) is 34.1 Å². The minimum Gasteiger partial charge on any atom is -0.335 e. The van der Waals surface area contributed by atoms with Crippen molar-refractivity contribution in [3.05, 3.63) is 59.7 Å². The van der Waals surface area contributed by atoms with Crippen molar-refractivity contribution in [1.82, 2.24) is 35.1 Å². The van der Waals surface area contributed by atoms with Crippen molar-refractivity contribution in [3.8, 4) is 33.2 Å². The summed E-state index contributed by atoms with van der Waals surface area (Å²) < 4.78 is 16.1. The molecule has 6 aromatic rings. The van der Waals surface area contributed by atoms with Gasteiger partial charge in [-0.15, -0.1) is 11.3 Å². The third-order valence-electron chi connectivity index (χ3n) is 6.15. The largest absolute Gasteiger partial charge is 0.335 e. The quantitative estimate of drug-likeness (QED) is 0.229. The summed E-state index contributed by atoms with van der Waals surface area (Å²) in [5.41, 5.74) is 3.81. The number of amides is 1. The van der Waals surface area contributed by atoms with Gasteiger partial charge in [0.15, 0.2) is 17.3 Å². The molecule has 0 unspecified atom stereocenters. The molecule has 0 aliphatic rings. The highest BCUT2D eigenvalue weighted by Gasteiger charge is 2.22. The first-order valence-corrected chi connectivity index (χ1v) is 13.2. The van der Waals surface area contributed by atoms with E-state index in [-0.39, 0.29) is 22.4 Å². The van der Waals surface area contributed by atoms with Crippen LogP contribution < -0.4 is 5.32 Å². The van der Waals surface area contributed by atoms with Gasteiger partial charge in [-0.25, -0.2) is 14.4 Å². The predicted octanol–water partition coefficient (Wildman–Crippen LogP) is 6.51. The molecule has 0 aliphatic carbocycles. The Morgan fingerprint density at radius 3 is 2.72 bits per heavy atom. The molecule has 39 heavy (non-hydrogen) atoms. The molecule has 3 N–H and O–H groups in total. The average Bonchev–Trinajstić information content (AvgIpc) is 3.60. The number of carbonyl (C=O) groups excluding carboxylic acids is 1. The van der Waals surface area contributed by atoms with Gasteiger partial charge in [-0.3, -0.25) is 19.9 Å². The maximum absolute atomic E-state index is 16.1. The molecule has 1 amide bonds. The van der Waals surface area contributed by atoms with Gasteiger partial charge in [0.05, 0.1) is 34.5 Å². The van der Waals surface area contributed by atoms with Crippen molar-refractivity contribution in [3.63, 3.8) is 0 Å². The van der Waals surface area contributed by atoms with E-state index in [0.717, 1.165) is 16.0 Å². The molecule has 0 atom stereocenters. The molecule has 6 aromatic heterocycles. The molecule has 0 spiro atoms. The topological polar surface area (TPSA) is 125 Å². The number of fused-ring (bicyclic) bond motifs is 2. The molecule has 0 saturated heterocycles. The Balaban J connectivity index is 1.40. The van der Waals surface area contributed by atoms with E-state index in [1.165, 1.54) is 23.5 Å². The SMILES string of the molecule is Cc1ccc(-c2ccnc3nc(-c4n[nH]c5cnc(-c6cncc(NC(=O)CC(C)(C)C)c6)c(F)c45)[nH]c23)s1. The van der Waals surface area contributed by atoms with Gasteiger partial charge in [-0.2, -0.15) is 5.10 Å². The molecule has 6 rings (SSSR count). The zero-order chi connectivity index (χ0) is 27.3. The fraction of sp³-hybridized carbons (Fsp3) is 0.214. The number of nitrogens with zero attached hydrogens (tertiary/aromatic N) is 5. The number of carbonyl (C=O) groups is 1. The summed E-state index contributed by atoms with van der Waals surface area (Å²) in [5, 5.41) is 10.3. The van der Waals surface area contributed by atoms with Gasteiger partial charge in [-0.05, 0) is 36.6 Å². The van der Waals surface area contributed by atoms with Crippen molar-refractivity contribution < 1.29 is 9.18 Å². The summed E-state index contributed by atoms with van der Waals surface area (Å²) in [5.74, 6) is -0.321. The highest BCUT2D eigenvalue weighted by atomic mass is 32.1. The summed E-state index contributed by atoms with van der Waals surface area (Å²) >= 11 is 1.68. The lowest BCUT2D eigenvalue weighted by molar-refractivity contribution is -0.117. The number of rotatable bonds is 5. The van der Waals surface area contributed by atoms with Crippen molar-refractivity contribution >= 4 is 45.0 Å². The van der Waals surface area contributed by atoms with Gasteiger partial charge < -0.3 is 10.3 Å². The van der Waals surface area contributed by atoms with Crippen molar-refractivity contribution in [1.29, 1.82) is 0 Å². The number of nitrogens with one attached hydrogen (secondary N) is 3. The Hall–Kier alpha value is -4.51. The molecule has 196 valence electrons. The molecule has 0 radical (unpaired) electrons. The average molecular weight is 541 g/mol. The van der Waals surface area contributed by atoms with Gasteiger partial charge in [-0.1, -0.05) is 20.8 Å². The Bertz CT molecular complexity index is 1860. The second kappa shape index (κ2) is 9.35. The van der Waals surface area contributed by atoms with E-state index in [0.29, 0.717) is 40.4 Å². The summed E-state index contributed by atoms with van der Waals surface area (Å²) in [6.45, 7) is 8.01. The second-order valence-electron chi connectivity index (χ2n) is 10.6. The van der Waals surface area contributed by atoms with Crippen LogP contribution in [-0.2, 0) is 4.79 Å². The third-order valence-corrected chi connectivity index (χ3v) is 7.19. The van der Waals surface area contributed by atoms with Crippen LogP contribution in [-0.4, -0.2) is 41.0 Å². The van der Waals surface area contributed by atoms with E-state index in [4.69, 9.17) is 0 Å². The fourth-order valence-electron chi connectivity index (χ4n) is 4.48. The summed E-state index contributed by atoms with van der Waals surface area (Å²) in [6.07, 6.45) is 6.61. The number of H-pyrrole nitrogens is 2. The number of anilines is 1. The zero-order valence-corrected chi connectivity index (χ0v) is 22.6. The number of hydrogen-bond acceptors (Lipinski definition) is 7. The monoisotopic (exact) mass is 540 g/mol. The number of thiophene rings is 1. The number of imidazole rings is 1. The first-order valence-electron chi connectivity index (χ1n) is 12.4. The van der Waals surface area contributed by atoms with Crippen LogP contribution in [0.3, 0.4) is 0 Å². The van der Waals surface area contributed by atoms with Crippen LogP contribution >= 0.6 is 11.3 Å². The maximum atomic E-state index is 16.1. The number of aromatic nitrogens is 7. The van der Waals surface area contributed by atoms with Crippen LogP contribution in [0.15, 0.2) is 49.1 Å². The first kappa shape index (κ1) is 24.8. The lowest BCUT2D eigenvalue weighted by Gasteiger charge is -2.17. The number of aromatic amines is 2. The van der Waals surface area contributed by atoms with Crippen LogP contribution in [0, 0.1) is 18.2 Å². The highest BCUT2D eigenvalue weighted by molar-refractivity contribution is 7.15. The van der Waals surface area contributed by atoms with Crippen LogP contribution in [0.2, 0.25) is 0 Å². The summed E-state index contributed by atoms with van der Waals surface area (Å²) in [4.78, 5) is 35.6. The van der Waals surface area contributed by atoms with E-state index >= 15 is 4.39 Å². The number of hydrogen-bond donors (Lipinski definition) is 3. The van der Waals surface area contributed by atoms with Gasteiger partial charge >= 0.3 is 0 Å². The molecule has 0 saturated carbocycles. The number of halogens is 1. The number of aryl methyl sites for hydroxylation is 1. The summed E-state index contributed by atoms with van der Waals surface area (Å²) in [7, 11) is 0. The second-order valence-corrected chi connectivity index (χ2v) is 11.9. The Kier molecular flexibility index (Phi) is 5.95. The smallest absolute Gasteiger partial charge is 0.224 e. The summed E-state index contributed by atoms with van der Waals surface area (Å²) in [6, 6.07) is 7.71. The van der Waals surface area contributed by atoms with Crippen LogP contribution in [0.5, 0.6) is 0 Å². The van der Waals surface area contributed by atoms with Crippen LogP contribution in [0.1, 0.15) is 32.1 Å². The van der Waals surface area contributed by atoms with E-state index in [1.54, 1.807) is 23.6 Å². The molecule has 0 bridgehead atoms. The van der Waals surface area contributed by atoms with Crippen molar-refractivity contribution in [2.24, 2.45) is 5.41 Å². The van der Waals surface area contributed by atoms with E-state index in [9.17, 15) is 4.79 Å². The highest BCUT2D eigenvalue weighted by Crippen LogP contribution is 2.36. The zero-order valence-electron chi connectivity index (χ0n) is 21.8. The molecule has 9 nitrogen and oxygen atoms in total. The number of pyridine rings is 3. The Morgan fingerprint density at radius 1 is 1.10 bits per heavy atom. The first-order chi connectivity index (χ1) is 18.7. The fourth-order valence-corrected chi connectivity index (χ4v) is 5.38. The molecular weight excluding hydrogens is 515 g/mol. The van der Waals surface area contributed by atoms with Gasteiger partial charge in [0.25, 0.3) is 0 Å². The normalized spacial score (nSPS) is 11.9. The molecule has 0 aromatic carbocycles. The molecule has 0 fully saturated rings. The van der Waals surface area contributed by atoms with E-state index in [2.05, 4.69) is 59.5 Å². The van der Waals surface area contributed by atoms with E-state index < -0.39 is 5.82 Å². The van der Waals surface area contributed by atoms with Crippen molar-refractivity contribution in [2.75, 3.05) is 5.32 Å². The lowest BCUT2D eigenvalue weighted by atomic mass is 9.92. The molecular formula is C28H25FN8OS. The van der Waals surface area contributed by atoms with Crippen LogP contribution in [0.4, 0.5) is 10.1 Å². The van der Waals surface area contributed by atoms with Gasteiger partial charge in [0.1, 0.15) is 11.4 Å².